The maximum atomic E-state index is 13.0. The molecule has 0 saturated heterocycles. The molecule has 1 heterocycles. The summed E-state index contributed by atoms with van der Waals surface area (Å²) in [4.78, 5) is 16.7. The van der Waals surface area contributed by atoms with E-state index in [-0.39, 0.29) is 26.2 Å². The third kappa shape index (κ3) is 5.81. The molecule has 0 aliphatic carbocycles. The van der Waals surface area contributed by atoms with E-state index in [2.05, 4.69) is 20.7 Å². The van der Waals surface area contributed by atoms with Crippen molar-refractivity contribution in [2.45, 2.75) is 63.2 Å². The van der Waals surface area contributed by atoms with Gasteiger partial charge in [-0.15, -0.1) is 15.7 Å². The van der Waals surface area contributed by atoms with E-state index in [9.17, 15) is 19.4 Å². The summed E-state index contributed by atoms with van der Waals surface area (Å²) in [7, 11) is -3.71. The highest BCUT2D eigenvalue weighted by Crippen LogP contribution is 2.35. The number of nitrogens with one attached hydrogen (secondary N) is 1. The van der Waals surface area contributed by atoms with Crippen molar-refractivity contribution in [3.63, 3.8) is 0 Å². The molecule has 2 aromatic rings. The van der Waals surface area contributed by atoms with E-state index in [1.807, 2.05) is 27.7 Å². The minimum absolute atomic E-state index is 0.00798. The van der Waals surface area contributed by atoms with Crippen molar-refractivity contribution in [1.82, 2.24) is 4.98 Å². The molecule has 11 heteroatoms. The third-order valence-corrected chi connectivity index (χ3v) is 8.16. The number of hydrogen-bond donors (Lipinski definition) is 3. The molecule has 0 radical (unpaired) electrons. The predicted molar refractivity (Wildman–Crippen MR) is 124 cm³/mol. The lowest BCUT2D eigenvalue weighted by molar-refractivity contribution is 0.0783. The van der Waals surface area contributed by atoms with Crippen LogP contribution in [-0.2, 0) is 15.5 Å². The molecule has 1 aromatic carbocycles. The minimum atomic E-state index is -3.71. The van der Waals surface area contributed by atoms with E-state index in [1.54, 1.807) is 12.1 Å². The van der Waals surface area contributed by atoms with Crippen LogP contribution >= 0.6 is 22.9 Å². The Kier molecular flexibility index (Phi) is 7.51. The number of nitrogens with zero attached hydrogens (tertiary/aromatic N) is 3. The Morgan fingerprint density at radius 3 is 2.23 bits per heavy atom. The van der Waals surface area contributed by atoms with Crippen molar-refractivity contribution in [2.75, 3.05) is 5.32 Å². The zero-order valence-corrected chi connectivity index (χ0v) is 20.6. The number of halogens is 1. The molecule has 1 aromatic heterocycles. The van der Waals surface area contributed by atoms with Gasteiger partial charge in [-0.2, -0.15) is 5.26 Å². The molecule has 0 spiro atoms. The highest BCUT2D eigenvalue weighted by atomic mass is 35.5. The molecule has 1 atom stereocenters. The van der Waals surface area contributed by atoms with Gasteiger partial charge in [-0.25, -0.2) is 19.1 Å². The molecule has 2 rings (SSSR count). The number of aromatic nitrogens is 1. The van der Waals surface area contributed by atoms with Gasteiger partial charge in [0.15, 0.2) is 19.3 Å². The summed E-state index contributed by atoms with van der Waals surface area (Å²) in [5.41, 5.74) is 1.21. The summed E-state index contributed by atoms with van der Waals surface area (Å²) >= 11 is 6.89. The number of nitrogens with two attached hydrogens (primary N) is 1. The quantitative estimate of drug-likeness (QED) is 0.543. The predicted octanol–water partition coefficient (Wildman–Crippen LogP) is 5.08. The Morgan fingerprint density at radius 1 is 1.32 bits per heavy atom. The summed E-state index contributed by atoms with van der Waals surface area (Å²) in [5.74, 6) is 0.0160. The van der Waals surface area contributed by atoms with Crippen LogP contribution in [0.2, 0.25) is 5.15 Å². The first kappa shape index (κ1) is 25.2. The standard InChI is InChI=1S/C20H26ClN5O3S2/c1-10(2)13-7-12(9-22)8-14(11(3)4)15(13)24-19(27)26-31(23,29)17-16(21)25-18(30-17)20(5,6)28/h7-8,10-11,28H,1-6H3,(H3,23,24,26,27,29). The molecule has 2 amide bonds. The number of thiazole rings is 1. The summed E-state index contributed by atoms with van der Waals surface area (Å²) < 4.78 is 16.6. The first-order valence-corrected chi connectivity index (χ1v) is 12.3. The lowest BCUT2D eigenvalue weighted by Crippen LogP contribution is -2.19. The van der Waals surface area contributed by atoms with Crippen LogP contribution in [0.3, 0.4) is 0 Å². The fourth-order valence-electron chi connectivity index (χ4n) is 2.83. The molecular weight excluding hydrogens is 458 g/mol. The molecule has 0 aliphatic heterocycles. The molecule has 0 saturated carbocycles. The second-order valence-corrected chi connectivity index (χ2v) is 11.5. The van der Waals surface area contributed by atoms with Crippen molar-refractivity contribution in [2.24, 2.45) is 9.50 Å². The number of carbonyl (C=O) groups is 1. The van der Waals surface area contributed by atoms with Crippen molar-refractivity contribution in [3.8, 4) is 6.07 Å². The van der Waals surface area contributed by atoms with Gasteiger partial charge < -0.3 is 10.4 Å². The number of anilines is 1. The van der Waals surface area contributed by atoms with E-state index >= 15 is 0 Å². The largest absolute Gasteiger partial charge is 0.383 e. The molecule has 1 unspecified atom stereocenters. The number of hydrogen-bond acceptors (Lipinski definition) is 6. The van der Waals surface area contributed by atoms with Crippen molar-refractivity contribution in [3.05, 3.63) is 39.0 Å². The van der Waals surface area contributed by atoms with E-state index in [4.69, 9.17) is 16.7 Å². The zero-order valence-electron chi connectivity index (χ0n) is 18.2. The van der Waals surface area contributed by atoms with Gasteiger partial charge in [0.1, 0.15) is 10.6 Å². The van der Waals surface area contributed by atoms with Gasteiger partial charge in [-0.05, 0) is 48.9 Å². The van der Waals surface area contributed by atoms with Crippen LogP contribution in [-0.4, -0.2) is 20.3 Å². The molecular formula is C20H26ClN5O3S2. The number of benzene rings is 1. The Balaban J connectivity index is 2.53. The molecule has 0 bridgehead atoms. The van der Waals surface area contributed by atoms with Gasteiger partial charge in [0.05, 0.1) is 11.6 Å². The van der Waals surface area contributed by atoms with Gasteiger partial charge >= 0.3 is 6.03 Å². The number of aliphatic hydroxyl groups is 1. The van der Waals surface area contributed by atoms with Crippen molar-refractivity contribution >= 4 is 44.6 Å². The van der Waals surface area contributed by atoms with E-state index < -0.39 is 21.5 Å². The SMILES string of the molecule is CC(C)c1cc(C#N)cc(C(C)C)c1NC(=O)N=S(N)(=O)c1sc(C(C)(C)O)nc1Cl. The number of urea groups is 1. The summed E-state index contributed by atoms with van der Waals surface area (Å²) in [5, 5.41) is 28.0. The smallest absolute Gasteiger partial charge is 0.354 e. The van der Waals surface area contributed by atoms with Crippen LogP contribution in [0.15, 0.2) is 20.7 Å². The fourth-order valence-corrected chi connectivity index (χ4v) is 5.59. The van der Waals surface area contributed by atoms with E-state index in [0.29, 0.717) is 11.3 Å². The average molecular weight is 484 g/mol. The zero-order chi connectivity index (χ0) is 23.7. The van der Waals surface area contributed by atoms with Crippen molar-refractivity contribution < 1.29 is 14.1 Å². The van der Waals surface area contributed by atoms with E-state index in [1.165, 1.54) is 13.8 Å². The number of rotatable bonds is 5. The first-order valence-electron chi connectivity index (χ1n) is 9.50. The van der Waals surface area contributed by atoms with Crippen molar-refractivity contribution in [1.29, 1.82) is 5.26 Å². The van der Waals surface area contributed by atoms with Gasteiger partial charge in [-0.1, -0.05) is 39.3 Å². The summed E-state index contributed by atoms with van der Waals surface area (Å²) in [6.07, 6.45) is 0. The molecule has 8 nitrogen and oxygen atoms in total. The lowest BCUT2D eigenvalue weighted by Gasteiger charge is -2.20. The molecule has 4 N–H and O–H groups in total. The Labute approximate surface area is 191 Å². The topological polar surface area (TPSA) is 141 Å². The highest BCUT2D eigenvalue weighted by Gasteiger charge is 2.27. The first-order chi connectivity index (χ1) is 14.2. The fraction of sp³-hybridized carbons (Fsp3) is 0.450. The van der Waals surface area contributed by atoms with Crippen LogP contribution < -0.4 is 10.5 Å². The second-order valence-electron chi connectivity index (χ2n) is 8.20. The average Bonchev–Trinajstić information content (AvgIpc) is 3.04. The Hall–Kier alpha value is -2.03. The van der Waals surface area contributed by atoms with Gasteiger partial charge in [-0.3, -0.25) is 0 Å². The molecule has 168 valence electrons. The Morgan fingerprint density at radius 2 is 1.84 bits per heavy atom. The second kappa shape index (κ2) is 9.22. The van der Waals surface area contributed by atoms with Crippen LogP contribution in [0.4, 0.5) is 10.5 Å². The number of amides is 2. The van der Waals surface area contributed by atoms with Crippen LogP contribution in [0.1, 0.15) is 75.1 Å². The third-order valence-electron chi connectivity index (χ3n) is 4.37. The monoisotopic (exact) mass is 483 g/mol. The molecule has 31 heavy (non-hydrogen) atoms. The number of nitriles is 1. The van der Waals surface area contributed by atoms with Crippen LogP contribution in [0.5, 0.6) is 0 Å². The van der Waals surface area contributed by atoms with Gasteiger partial charge in [0.2, 0.25) is 0 Å². The minimum Gasteiger partial charge on any atom is -0.383 e. The lowest BCUT2D eigenvalue weighted by atomic mass is 9.90. The summed E-state index contributed by atoms with van der Waals surface area (Å²) in [6, 6.07) is 4.65. The highest BCUT2D eigenvalue weighted by molar-refractivity contribution is 7.93. The van der Waals surface area contributed by atoms with Gasteiger partial charge in [0.25, 0.3) is 0 Å². The maximum absolute atomic E-state index is 13.0. The molecule has 0 aliphatic rings. The summed E-state index contributed by atoms with van der Waals surface area (Å²) in [6.45, 7) is 10.8. The normalized spacial score (nSPS) is 13.7. The van der Waals surface area contributed by atoms with E-state index in [0.717, 1.165) is 22.5 Å². The number of carbonyl (C=O) groups excluding carboxylic acids is 1. The van der Waals surface area contributed by atoms with Crippen LogP contribution in [0.25, 0.3) is 0 Å². The Bertz CT molecular complexity index is 1140. The molecule has 0 fully saturated rings. The van der Waals surface area contributed by atoms with Crippen LogP contribution in [0, 0.1) is 11.3 Å². The maximum Gasteiger partial charge on any atom is 0.354 e. The van der Waals surface area contributed by atoms with Gasteiger partial charge in [0, 0.05) is 5.69 Å².